The van der Waals surface area contributed by atoms with Crippen molar-refractivity contribution in [2.24, 2.45) is 0 Å². The van der Waals surface area contributed by atoms with Crippen molar-refractivity contribution in [3.63, 3.8) is 0 Å². The number of nitrogens with two attached hydrogens (primary N) is 1. The van der Waals surface area contributed by atoms with Crippen molar-refractivity contribution in [3.05, 3.63) is 57.5 Å². The van der Waals surface area contributed by atoms with E-state index in [4.69, 9.17) is 5.73 Å². The van der Waals surface area contributed by atoms with Gasteiger partial charge in [-0.1, -0.05) is 25.2 Å². The third-order valence-electron chi connectivity index (χ3n) is 4.59. The number of fused-ring (bicyclic) bond motifs is 1. The van der Waals surface area contributed by atoms with E-state index in [1.807, 2.05) is 26.0 Å². The van der Waals surface area contributed by atoms with Gasteiger partial charge in [-0.2, -0.15) is 0 Å². The molecule has 8 nitrogen and oxygen atoms in total. The molecule has 0 aliphatic heterocycles. The molecule has 0 aliphatic carbocycles. The van der Waals surface area contributed by atoms with E-state index in [1.165, 1.54) is 35.6 Å². The molecule has 11 heteroatoms. The molecule has 0 radical (unpaired) electrons. The first-order valence-electron chi connectivity index (χ1n) is 9.32. The number of rotatable bonds is 6. The van der Waals surface area contributed by atoms with Crippen LogP contribution in [0.1, 0.15) is 45.7 Å². The van der Waals surface area contributed by atoms with Crippen LogP contribution in [0.15, 0.2) is 41.3 Å². The molecule has 0 unspecified atom stereocenters. The third kappa shape index (κ3) is 4.16. The van der Waals surface area contributed by atoms with Crippen molar-refractivity contribution >= 4 is 59.5 Å². The molecule has 0 fully saturated rings. The molecule has 160 valence electrons. The number of nitrogens with one attached hydrogen (secondary N) is 1. The maximum absolute atomic E-state index is 13.0. The Morgan fingerprint density at radius 2 is 1.77 bits per heavy atom. The highest BCUT2D eigenvalue weighted by Gasteiger charge is 2.21. The highest BCUT2D eigenvalue weighted by Crippen LogP contribution is 2.35. The lowest BCUT2D eigenvalue weighted by Gasteiger charge is -2.06. The van der Waals surface area contributed by atoms with Crippen molar-refractivity contribution in [2.45, 2.75) is 31.6 Å². The van der Waals surface area contributed by atoms with Gasteiger partial charge in [-0.05, 0) is 49.2 Å². The molecule has 0 aliphatic rings. The Hall–Kier alpha value is -2.89. The average Bonchev–Trinajstić information content (AvgIpc) is 3.29. The van der Waals surface area contributed by atoms with Gasteiger partial charge in [0.1, 0.15) is 14.7 Å². The zero-order chi connectivity index (χ0) is 22.3. The maximum atomic E-state index is 13.0. The number of thiophene rings is 1. The SMILES string of the molecule is Cc1nnc(NS(=O)(=O)c2ccc(C(=O)c3sc4nc(C(C)C)ccc4c3N)cc2)s1. The molecule has 3 heterocycles. The van der Waals surface area contributed by atoms with Crippen molar-refractivity contribution < 1.29 is 13.2 Å². The molecule has 0 bridgehead atoms. The minimum atomic E-state index is -3.83. The highest BCUT2D eigenvalue weighted by atomic mass is 32.2. The average molecular weight is 474 g/mol. The smallest absolute Gasteiger partial charge is 0.263 e. The summed E-state index contributed by atoms with van der Waals surface area (Å²) in [6, 6.07) is 9.50. The van der Waals surface area contributed by atoms with Gasteiger partial charge in [0.15, 0.2) is 0 Å². The predicted molar refractivity (Wildman–Crippen MR) is 123 cm³/mol. The van der Waals surface area contributed by atoms with Gasteiger partial charge >= 0.3 is 0 Å². The number of hydrogen-bond acceptors (Lipinski definition) is 9. The Morgan fingerprint density at radius 3 is 2.39 bits per heavy atom. The number of nitrogens with zero attached hydrogens (tertiary/aromatic N) is 3. The van der Waals surface area contributed by atoms with Crippen molar-refractivity contribution in [1.29, 1.82) is 0 Å². The van der Waals surface area contributed by atoms with Gasteiger partial charge in [0.05, 0.1) is 10.6 Å². The molecule has 0 saturated carbocycles. The Balaban J connectivity index is 1.62. The summed E-state index contributed by atoms with van der Waals surface area (Å²) >= 11 is 2.38. The number of carbonyl (C=O) groups is 1. The van der Waals surface area contributed by atoms with Crippen molar-refractivity contribution in [1.82, 2.24) is 15.2 Å². The molecule has 0 atom stereocenters. The van der Waals surface area contributed by atoms with Crippen LogP contribution < -0.4 is 10.5 Å². The number of anilines is 2. The number of hydrogen-bond donors (Lipinski definition) is 2. The minimum Gasteiger partial charge on any atom is -0.397 e. The number of sulfonamides is 1. The lowest BCUT2D eigenvalue weighted by molar-refractivity contribution is 0.104. The molecule has 0 saturated heterocycles. The van der Waals surface area contributed by atoms with E-state index in [1.54, 1.807) is 6.92 Å². The Bertz CT molecular complexity index is 1390. The maximum Gasteiger partial charge on any atom is 0.263 e. The second-order valence-electron chi connectivity index (χ2n) is 7.17. The predicted octanol–water partition coefficient (Wildman–Crippen LogP) is 4.19. The summed E-state index contributed by atoms with van der Waals surface area (Å²) < 4.78 is 27.5. The van der Waals surface area contributed by atoms with Crippen LogP contribution >= 0.6 is 22.7 Å². The first-order valence-corrected chi connectivity index (χ1v) is 12.4. The zero-order valence-electron chi connectivity index (χ0n) is 16.9. The summed E-state index contributed by atoms with van der Waals surface area (Å²) in [5.41, 5.74) is 7.88. The molecule has 0 spiro atoms. The molecule has 3 aromatic heterocycles. The van der Waals surface area contributed by atoms with Gasteiger partial charge in [-0.15, -0.1) is 21.5 Å². The number of aromatic nitrogens is 3. The molecule has 3 N–H and O–H groups in total. The number of ketones is 1. The second-order valence-corrected chi connectivity index (χ2v) is 11.0. The Labute approximate surface area is 187 Å². The number of nitrogen functional groups attached to an aromatic ring is 1. The topological polar surface area (TPSA) is 128 Å². The molecule has 1 aromatic carbocycles. The van der Waals surface area contributed by atoms with E-state index in [9.17, 15) is 13.2 Å². The lowest BCUT2D eigenvalue weighted by atomic mass is 10.1. The molecular formula is C20H19N5O3S3. The van der Waals surface area contributed by atoms with Gasteiger partial charge in [0.25, 0.3) is 10.0 Å². The van der Waals surface area contributed by atoms with Crippen LogP contribution in [-0.2, 0) is 10.0 Å². The molecule has 31 heavy (non-hydrogen) atoms. The number of pyridine rings is 1. The molecule has 4 rings (SSSR count). The van der Waals surface area contributed by atoms with Gasteiger partial charge < -0.3 is 5.73 Å². The van der Waals surface area contributed by atoms with Crippen LogP contribution in [0.3, 0.4) is 0 Å². The van der Waals surface area contributed by atoms with Crippen LogP contribution in [0.2, 0.25) is 0 Å². The second kappa shape index (κ2) is 7.98. The van der Waals surface area contributed by atoms with Crippen LogP contribution in [0.5, 0.6) is 0 Å². The largest absolute Gasteiger partial charge is 0.397 e. The number of benzene rings is 1. The van der Waals surface area contributed by atoms with Gasteiger partial charge in [0.2, 0.25) is 10.9 Å². The van der Waals surface area contributed by atoms with E-state index in [2.05, 4.69) is 19.9 Å². The highest BCUT2D eigenvalue weighted by molar-refractivity contribution is 7.93. The van der Waals surface area contributed by atoms with Crippen molar-refractivity contribution in [2.75, 3.05) is 10.5 Å². The van der Waals surface area contributed by atoms with Crippen LogP contribution in [0, 0.1) is 6.92 Å². The van der Waals surface area contributed by atoms with E-state index in [0.717, 1.165) is 22.4 Å². The first-order chi connectivity index (χ1) is 14.7. The summed E-state index contributed by atoms with van der Waals surface area (Å²) in [6.45, 7) is 5.83. The fourth-order valence-electron chi connectivity index (χ4n) is 2.93. The molecule has 0 amide bonds. The van der Waals surface area contributed by atoms with E-state index < -0.39 is 10.0 Å². The Kier molecular flexibility index (Phi) is 5.50. The van der Waals surface area contributed by atoms with Crippen molar-refractivity contribution in [3.8, 4) is 0 Å². The van der Waals surface area contributed by atoms with E-state index in [-0.39, 0.29) is 21.7 Å². The normalized spacial score (nSPS) is 11.9. The molecular weight excluding hydrogens is 454 g/mol. The fraction of sp³-hybridized carbons (Fsp3) is 0.200. The summed E-state index contributed by atoms with van der Waals surface area (Å²) in [5, 5.41) is 9.13. The standard InChI is InChI=1S/C20H19N5O3S3/c1-10(2)15-9-8-14-16(21)18(30-19(14)22-15)17(26)12-4-6-13(7-5-12)31(27,28)25-20-24-23-11(3)29-20/h4-10H,21H2,1-3H3,(H,24,25). The third-order valence-corrected chi connectivity index (χ3v) is 7.94. The van der Waals surface area contributed by atoms with Gasteiger partial charge in [-0.3, -0.25) is 9.52 Å². The van der Waals surface area contributed by atoms with Gasteiger partial charge in [0, 0.05) is 16.6 Å². The minimum absolute atomic E-state index is 0.0180. The van der Waals surface area contributed by atoms with Crippen LogP contribution in [0.4, 0.5) is 10.8 Å². The number of aryl methyl sites for hydroxylation is 1. The van der Waals surface area contributed by atoms with Crippen LogP contribution in [0.25, 0.3) is 10.2 Å². The Morgan fingerprint density at radius 1 is 1.06 bits per heavy atom. The van der Waals surface area contributed by atoms with Crippen LogP contribution in [-0.4, -0.2) is 29.4 Å². The number of carbonyl (C=O) groups excluding carboxylic acids is 1. The first kappa shape index (κ1) is 21.3. The summed E-state index contributed by atoms with van der Waals surface area (Å²) in [4.78, 5) is 18.8. The quantitative estimate of drug-likeness (QED) is 0.402. The monoisotopic (exact) mass is 473 g/mol. The zero-order valence-corrected chi connectivity index (χ0v) is 19.4. The summed E-state index contributed by atoms with van der Waals surface area (Å²) in [5.74, 6) is -0.0118. The van der Waals surface area contributed by atoms with Gasteiger partial charge in [-0.25, -0.2) is 13.4 Å². The summed E-state index contributed by atoms with van der Waals surface area (Å²) in [6.07, 6.45) is 0. The summed E-state index contributed by atoms with van der Waals surface area (Å²) in [7, 11) is -3.83. The lowest BCUT2D eigenvalue weighted by Crippen LogP contribution is -2.13. The van der Waals surface area contributed by atoms with E-state index in [0.29, 0.717) is 26.0 Å². The van der Waals surface area contributed by atoms with E-state index >= 15 is 0 Å². The molecule has 4 aromatic rings. The fourth-order valence-corrected chi connectivity index (χ4v) is 5.81.